The zero-order chi connectivity index (χ0) is 32.7. The van der Waals surface area contributed by atoms with Gasteiger partial charge in [-0.1, -0.05) is 26.0 Å². The predicted molar refractivity (Wildman–Crippen MR) is 173 cm³/mol. The average Bonchev–Trinajstić information content (AvgIpc) is 3.20. The Balaban J connectivity index is 1.36. The first kappa shape index (κ1) is 33.3. The van der Waals surface area contributed by atoms with E-state index in [1.165, 1.54) is 12.1 Å². The Morgan fingerprint density at radius 2 is 1.69 bits per heavy atom. The molecule has 3 aliphatic rings. The molecule has 1 aromatic heterocycles. The van der Waals surface area contributed by atoms with Crippen LogP contribution >= 0.6 is 0 Å². The van der Waals surface area contributed by atoms with Crippen molar-refractivity contribution >= 4 is 17.7 Å². The standard InChI is InChI=1S/C35H50FN5O4/c1-23-16-39(29(19-38-17-24(2)44-25(3)18-38)20-40(23)33(43)45-34(4,5)6)21-31(42)41-22-35(7,8)32-30(41)14-27(15-37-32)13-26-9-11-28(36)12-10-26/h9-12,14-15,23-25,29H,13,16-22H2,1-8H3/t23-,24-,25+,29+/m1/s1. The number of carbonyl (C=O) groups is 2. The SMILES string of the molecule is C[C@@H]1CN(C[C@H]2CN(C(=O)OC(C)(C)C)[C@H](C)CN2CC(=O)N2CC(C)(C)c3ncc(Cc4ccc(F)cc4)cc32)C[C@H](C)O1. The van der Waals surface area contributed by atoms with Gasteiger partial charge in [0.2, 0.25) is 5.91 Å². The van der Waals surface area contributed by atoms with Crippen molar-refractivity contribution < 1.29 is 23.5 Å². The van der Waals surface area contributed by atoms with Crippen LogP contribution in [0.25, 0.3) is 0 Å². The van der Waals surface area contributed by atoms with Gasteiger partial charge in [-0.3, -0.25) is 19.6 Å². The van der Waals surface area contributed by atoms with Crippen LogP contribution in [0.3, 0.4) is 0 Å². The number of aromatic nitrogens is 1. The Kier molecular flexibility index (Phi) is 9.59. The molecule has 0 saturated carbocycles. The molecule has 246 valence electrons. The minimum absolute atomic E-state index is 0.0224. The number of ether oxygens (including phenoxy) is 2. The number of pyridine rings is 1. The summed E-state index contributed by atoms with van der Waals surface area (Å²) in [7, 11) is 0. The number of benzene rings is 1. The second kappa shape index (κ2) is 13.0. The van der Waals surface area contributed by atoms with Gasteiger partial charge in [-0.05, 0) is 77.3 Å². The molecule has 0 unspecified atom stereocenters. The van der Waals surface area contributed by atoms with Crippen molar-refractivity contribution in [3.05, 3.63) is 59.2 Å². The summed E-state index contributed by atoms with van der Waals surface area (Å²) in [6.07, 6.45) is 2.40. The van der Waals surface area contributed by atoms with E-state index in [4.69, 9.17) is 14.5 Å². The Bertz CT molecular complexity index is 1370. The summed E-state index contributed by atoms with van der Waals surface area (Å²) in [5, 5.41) is 0. The number of morpholine rings is 1. The van der Waals surface area contributed by atoms with Crippen LogP contribution in [0, 0.1) is 5.82 Å². The van der Waals surface area contributed by atoms with Gasteiger partial charge in [0, 0.05) is 63.0 Å². The molecule has 45 heavy (non-hydrogen) atoms. The third-order valence-electron chi connectivity index (χ3n) is 8.92. The fourth-order valence-corrected chi connectivity index (χ4v) is 6.98. The summed E-state index contributed by atoms with van der Waals surface area (Å²) in [4.78, 5) is 40.6. The Morgan fingerprint density at radius 1 is 1.02 bits per heavy atom. The maximum absolute atomic E-state index is 14.2. The molecule has 3 aliphatic heterocycles. The number of halogens is 1. The molecule has 2 amide bonds. The van der Waals surface area contributed by atoms with Crippen LogP contribution in [-0.2, 0) is 26.1 Å². The monoisotopic (exact) mass is 623 g/mol. The highest BCUT2D eigenvalue weighted by Gasteiger charge is 2.43. The van der Waals surface area contributed by atoms with Crippen molar-refractivity contribution in [3.63, 3.8) is 0 Å². The highest BCUT2D eigenvalue weighted by atomic mass is 19.1. The van der Waals surface area contributed by atoms with Crippen molar-refractivity contribution in [1.82, 2.24) is 19.7 Å². The quantitative estimate of drug-likeness (QED) is 0.455. The highest BCUT2D eigenvalue weighted by molar-refractivity contribution is 5.97. The van der Waals surface area contributed by atoms with Crippen LogP contribution in [-0.4, -0.2) is 107 Å². The summed E-state index contributed by atoms with van der Waals surface area (Å²) in [5.74, 6) is -0.240. The van der Waals surface area contributed by atoms with Gasteiger partial charge in [-0.2, -0.15) is 0 Å². The van der Waals surface area contributed by atoms with Crippen molar-refractivity contribution in [2.24, 2.45) is 0 Å². The van der Waals surface area contributed by atoms with E-state index in [2.05, 4.69) is 43.6 Å². The van der Waals surface area contributed by atoms with Crippen molar-refractivity contribution in [3.8, 4) is 0 Å². The summed E-state index contributed by atoms with van der Waals surface area (Å²) >= 11 is 0. The van der Waals surface area contributed by atoms with E-state index in [-0.39, 0.29) is 54.1 Å². The largest absolute Gasteiger partial charge is 0.444 e. The van der Waals surface area contributed by atoms with Crippen molar-refractivity contribution in [1.29, 1.82) is 0 Å². The fraction of sp³-hybridized carbons (Fsp3) is 0.629. The van der Waals surface area contributed by atoms with Gasteiger partial charge in [-0.15, -0.1) is 0 Å². The number of amides is 2. The molecule has 4 heterocycles. The number of carbonyl (C=O) groups excluding carboxylic acids is 2. The van der Waals surface area contributed by atoms with Crippen LogP contribution in [0.15, 0.2) is 36.5 Å². The lowest BCUT2D eigenvalue weighted by molar-refractivity contribution is -0.122. The van der Waals surface area contributed by atoms with Crippen LogP contribution in [0.5, 0.6) is 0 Å². The van der Waals surface area contributed by atoms with Crippen LogP contribution < -0.4 is 4.90 Å². The first-order chi connectivity index (χ1) is 21.1. The van der Waals surface area contributed by atoms with Crippen LogP contribution in [0.2, 0.25) is 0 Å². The highest BCUT2D eigenvalue weighted by Crippen LogP contribution is 2.40. The number of hydrogen-bond donors (Lipinski definition) is 0. The third kappa shape index (κ3) is 8.02. The Hall–Kier alpha value is -3.08. The van der Waals surface area contributed by atoms with Gasteiger partial charge < -0.3 is 19.3 Å². The summed E-state index contributed by atoms with van der Waals surface area (Å²) in [6, 6.07) is 8.40. The maximum atomic E-state index is 14.2. The molecule has 2 aromatic rings. The average molecular weight is 624 g/mol. The van der Waals surface area contributed by atoms with Gasteiger partial charge in [0.1, 0.15) is 11.4 Å². The van der Waals surface area contributed by atoms with E-state index >= 15 is 0 Å². The van der Waals surface area contributed by atoms with Gasteiger partial charge in [-0.25, -0.2) is 9.18 Å². The number of nitrogens with zero attached hydrogens (tertiary/aromatic N) is 5. The lowest BCUT2D eigenvalue weighted by atomic mass is 9.91. The minimum Gasteiger partial charge on any atom is -0.444 e. The minimum atomic E-state index is -0.589. The van der Waals surface area contributed by atoms with Crippen molar-refractivity contribution in [2.45, 2.75) is 97.1 Å². The number of piperazine rings is 1. The summed E-state index contributed by atoms with van der Waals surface area (Å²) in [5.41, 5.74) is 2.84. The van der Waals surface area contributed by atoms with Crippen LogP contribution in [0.1, 0.15) is 72.2 Å². The van der Waals surface area contributed by atoms with Gasteiger partial charge in [0.05, 0.1) is 30.1 Å². The normalized spacial score (nSPS) is 25.7. The van der Waals surface area contributed by atoms with E-state index in [9.17, 15) is 14.0 Å². The van der Waals surface area contributed by atoms with E-state index in [1.807, 2.05) is 43.7 Å². The van der Waals surface area contributed by atoms with Gasteiger partial charge in [0.25, 0.3) is 0 Å². The zero-order valence-corrected chi connectivity index (χ0v) is 28.2. The molecule has 1 aromatic carbocycles. The van der Waals surface area contributed by atoms with Crippen LogP contribution in [0.4, 0.5) is 14.9 Å². The summed E-state index contributed by atoms with van der Waals surface area (Å²) in [6.45, 7) is 20.3. The van der Waals surface area contributed by atoms with E-state index < -0.39 is 5.60 Å². The summed E-state index contributed by atoms with van der Waals surface area (Å²) < 4.78 is 25.2. The smallest absolute Gasteiger partial charge is 0.410 e. The molecule has 0 radical (unpaired) electrons. The molecule has 10 heteroatoms. The molecule has 0 N–H and O–H groups in total. The molecule has 2 saturated heterocycles. The number of rotatable bonds is 6. The second-order valence-electron chi connectivity index (χ2n) is 14.9. The van der Waals surface area contributed by atoms with Gasteiger partial charge >= 0.3 is 6.09 Å². The molecule has 2 fully saturated rings. The number of anilines is 1. The maximum Gasteiger partial charge on any atom is 0.410 e. The van der Waals surface area contributed by atoms with E-state index in [0.29, 0.717) is 26.1 Å². The van der Waals surface area contributed by atoms with E-state index in [0.717, 1.165) is 42.1 Å². The molecule has 4 atom stereocenters. The number of fused-ring (bicyclic) bond motifs is 1. The molecule has 9 nitrogen and oxygen atoms in total. The molecule has 0 aliphatic carbocycles. The Labute approximate surface area is 267 Å². The van der Waals surface area contributed by atoms with E-state index in [1.54, 1.807) is 12.1 Å². The Morgan fingerprint density at radius 3 is 2.33 bits per heavy atom. The molecule has 0 spiro atoms. The fourth-order valence-electron chi connectivity index (χ4n) is 6.98. The zero-order valence-electron chi connectivity index (χ0n) is 28.2. The topological polar surface area (TPSA) is 78.5 Å². The second-order valence-corrected chi connectivity index (χ2v) is 14.9. The first-order valence-electron chi connectivity index (χ1n) is 16.2. The first-order valence-corrected chi connectivity index (χ1v) is 16.2. The molecular formula is C35H50FN5O4. The molecular weight excluding hydrogens is 573 g/mol. The lowest BCUT2D eigenvalue weighted by Gasteiger charge is -2.47. The number of hydrogen-bond acceptors (Lipinski definition) is 7. The van der Waals surface area contributed by atoms with Gasteiger partial charge in [0.15, 0.2) is 0 Å². The lowest BCUT2D eigenvalue weighted by Crippen LogP contribution is -2.64. The molecule has 0 bridgehead atoms. The van der Waals surface area contributed by atoms with Crippen molar-refractivity contribution in [2.75, 3.05) is 50.7 Å². The predicted octanol–water partition coefficient (Wildman–Crippen LogP) is 4.85. The molecule has 5 rings (SSSR count). The third-order valence-corrected chi connectivity index (χ3v) is 8.92.